The molecule has 1 aromatic rings. The maximum absolute atomic E-state index is 10.7. The van der Waals surface area contributed by atoms with Crippen LogP contribution in [-0.2, 0) is 0 Å². The maximum Gasteiger partial charge on any atom is 0.153 e. The first kappa shape index (κ1) is 10.1. The number of methoxy groups -OCH3 is 1. The highest BCUT2D eigenvalue weighted by molar-refractivity contribution is 6.32. The lowest BCUT2D eigenvalue weighted by atomic mass is 10.1. The lowest BCUT2D eigenvalue weighted by Gasteiger charge is -2.10. The Morgan fingerprint density at radius 3 is 2.54 bits per heavy atom. The third-order valence-corrected chi connectivity index (χ3v) is 2.56. The quantitative estimate of drug-likeness (QED) is 0.684. The van der Waals surface area contributed by atoms with Crippen LogP contribution in [-0.4, -0.2) is 13.4 Å². The number of aryl methyl sites for hydroxylation is 1. The molecule has 1 rings (SSSR count). The van der Waals surface area contributed by atoms with E-state index in [9.17, 15) is 4.79 Å². The summed E-state index contributed by atoms with van der Waals surface area (Å²) in [5.41, 5.74) is 2.25. The number of hydrogen-bond donors (Lipinski definition) is 0. The zero-order valence-corrected chi connectivity index (χ0v) is 8.61. The molecule has 0 amide bonds. The van der Waals surface area contributed by atoms with Crippen molar-refractivity contribution in [2.24, 2.45) is 0 Å². The zero-order chi connectivity index (χ0) is 10.0. The van der Waals surface area contributed by atoms with E-state index in [0.29, 0.717) is 16.3 Å². The van der Waals surface area contributed by atoms with Crippen molar-refractivity contribution in [3.63, 3.8) is 0 Å². The molecule has 70 valence electrons. The van der Waals surface area contributed by atoms with E-state index in [-0.39, 0.29) is 0 Å². The molecular weight excluding hydrogens is 188 g/mol. The van der Waals surface area contributed by atoms with Crippen LogP contribution in [0.15, 0.2) is 6.07 Å². The molecule has 0 aliphatic rings. The Morgan fingerprint density at radius 2 is 2.08 bits per heavy atom. The maximum atomic E-state index is 10.7. The molecule has 0 aliphatic heterocycles. The van der Waals surface area contributed by atoms with Gasteiger partial charge in [0.15, 0.2) is 6.29 Å². The molecule has 0 saturated carbocycles. The van der Waals surface area contributed by atoms with Crippen LogP contribution in [0.4, 0.5) is 0 Å². The molecule has 13 heavy (non-hydrogen) atoms. The van der Waals surface area contributed by atoms with Gasteiger partial charge in [-0.3, -0.25) is 4.79 Å². The number of rotatable bonds is 2. The fraction of sp³-hybridized carbons (Fsp3) is 0.300. The summed E-state index contributed by atoms with van der Waals surface area (Å²) in [5, 5.41) is 0.655. The second-order valence-electron chi connectivity index (χ2n) is 2.87. The average molecular weight is 199 g/mol. The fourth-order valence-corrected chi connectivity index (χ4v) is 1.47. The summed E-state index contributed by atoms with van der Waals surface area (Å²) in [6, 6.07) is 1.72. The van der Waals surface area contributed by atoms with E-state index in [1.54, 1.807) is 6.07 Å². The summed E-state index contributed by atoms with van der Waals surface area (Å²) in [4.78, 5) is 10.7. The number of hydrogen-bond acceptors (Lipinski definition) is 2. The molecule has 0 aliphatic carbocycles. The Labute approximate surface area is 82.5 Å². The molecule has 0 N–H and O–H groups in total. The van der Waals surface area contributed by atoms with E-state index < -0.39 is 0 Å². The van der Waals surface area contributed by atoms with Gasteiger partial charge in [0.1, 0.15) is 5.75 Å². The zero-order valence-electron chi connectivity index (χ0n) is 7.85. The minimum absolute atomic E-state index is 0.543. The van der Waals surface area contributed by atoms with E-state index in [0.717, 1.165) is 17.4 Å². The monoisotopic (exact) mass is 198 g/mol. The van der Waals surface area contributed by atoms with Crippen molar-refractivity contribution in [3.05, 3.63) is 27.8 Å². The van der Waals surface area contributed by atoms with E-state index in [1.165, 1.54) is 7.11 Å². The van der Waals surface area contributed by atoms with Crippen LogP contribution in [0.3, 0.4) is 0 Å². The highest BCUT2D eigenvalue weighted by Gasteiger charge is 2.11. The molecule has 2 nitrogen and oxygen atoms in total. The molecule has 0 spiro atoms. The Kier molecular flexibility index (Phi) is 2.94. The SMILES string of the molecule is COc1c(C=O)cc(C)c(Cl)c1C. The van der Waals surface area contributed by atoms with Crippen molar-refractivity contribution in [1.29, 1.82) is 0 Å². The number of carbonyl (C=O) groups excluding carboxylic acids is 1. The van der Waals surface area contributed by atoms with Crippen LogP contribution in [0.1, 0.15) is 21.5 Å². The molecule has 0 saturated heterocycles. The Bertz CT molecular complexity index is 345. The van der Waals surface area contributed by atoms with Gasteiger partial charge in [-0.2, -0.15) is 0 Å². The minimum Gasteiger partial charge on any atom is -0.496 e. The molecular formula is C10H11ClO2. The van der Waals surface area contributed by atoms with Crippen molar-refractivity contribution < 1.29 is 9.53 Å². The fourth-order valence-electron chi connectivity index (χ4n) is 1.33. The van der Waals surface area contributed by atoms with E-state index >= 15 is 0 Å². The summed E-state index contributed by atoms with van der Waals surface area (Å²) in [6.07, 6.45) is 0.773. The standard InChI is InChI=1S/C10H11ClO2/c1-6-4-8(5-12)10(13-3)7(2)9(6)11/h4-5H,1-3H3. The number of halogens is 1. The van der Waals surface area contributed by atoms with Gasteiger partial charge in [-0.05, 0) is 25.5 Å². The van der Waals surface area contributed by atoms with Crippen molar-refractivity contribution >= 4 is 17.9 Å². The van der Waals surface area contributed by atoms with Crippen molar-refractivity contribution in [2.45, 2.75) is 13.8 Å². The summed E-state index contributed by atoms with van der Waals surface area (Å²) in [5.74, 6) is 0.561. The first-order valence-corrected chi connectivity index (χ1v) is 4.28. The van der Waals surface area contributed by atoms with E-state index in [4.69, 9.17) is 16.3 Å². The van der Waals surface area contributed by atoms with Gasteiger partial charge in [0.2, 0.25) is 0 Å². The highest BCUT2D eigenvalue weighted by Crippen LogP contribution is 2.31. The van der Waals surface area contributed by atoms with Crippen molar-refractivity contribution in [2.75, 3.05) is 7.11 Å². The Morgan fingerprint density at radius 1 is 1.46 bits per heavy atom. The van der Waals surface area contributed by atoms with Crippen LogP contribution < -0.4 is 4.74 Å². The number of aldehydes is 1. The Balaban J connectivity index is 3.47. The number of benzene rings is 1. The Hall–Kier alpha value is -1.02. The third-order valence-electron chi connectivity index (χ3n) is 1.98. The molecule has 0 fully saturated rings. The number of carbonyl (C=O) groups is 1. The van der Waals surface area contributed by atoms with Crippen molar-refractivity contribution in [3.8, 4) is 5.75 Å². The summed E-state index contributed by atoms with van der Waals surface area (Å²) >= 11 is 5.99. The molecule has 0 unspecified atom stereocenters. The molecule has 0 aromatic heterocycles. The van der Waals surface area contributed by atoms with Crippen LogP contribution >= 0.6 is 11.6 Å². The van der Waals surface area contributed by atoms with Gasteiger partial charge in [0, 0.05) is 5.56 Å². The van der Waals surface area contributed by atoms with Crippen molar-refractivity contribution in [1.82, 2.24) is 0 Å². The second kappa shape index (κ2) is 3.79. The second-order valence-corrected chi connectivity index (χ2v) is 3.25. The summed E-state index contributed by atoms with van der Waals surface area (Å²) < 4.78 is 5.09. The molecule has 0 bridgehead atoms. The van der Waals surface area contributed by atoms with Crippen LogP contribution in [0.2, 0.25) is 5.02 Å². The number of ether oxygens (including phenoxy) is 1. The van der Waals surface area contributed by atoms with Crippen LogP contribution in [0.5, 0.6) is 5.75 Å². The predicted octanol–water partition coefficient (Wildman–Crippen LogP) is 2.78. The van der Waals surface area contributed by atoms with Gasteiger partial charge < -0.3 is 4.74 Å². The third kappa shape index (κ3) is 1.68. The lowest BCUT2D eigenvalue weighted by molar-refractivity contribution is 0.112. The molecule has 1 aromatic carbocycles. The van der Waals surface area contributed by atoms with Gasteiger partial charge in [-0.25, -0.2) is 0 Å². The largest absolute Gasteiger partial charge is 0.496 e. The highest BCUT2D eigenvalue weighted by atomic mass is 35.5. The topological polar surface area (TPSA) is 26.3 Å². The van der Waals surface area contributed by atoms with Gasteiger partial charge >= 0.3 is 0 Å². The van der Waals surface area contributed by atoms with Crippen LogP contribution in [0, 0.1) is 13.8 Å². The van der Waals surface area contributed by atoms with Gasteiger partial charge in [0.05, 0.1) is 17.7 Å². The first-order valence-electron chi connectivity index (χ1n) is 3.90. The molecule has 0 heterocycles. The lowest BCUT2D eigenvalue weighted by Crippen LogP contribution is -1.96. The van der Waals surface area contributed by atoms with Crippen LogP contribution in [0.25, 0.3) is 0 Å². The minimum atomic E-state index is 0.543. The summed E-state index contributed by atoms with van der Waals surface area (Å²) in [7, 11) is 1.53. The molecule has 0 atom stereocenters. The van der Waals surface area contributed by atoms with E-state index in [1.807, 2.05) is 13.8 Å². The molecule has 3 heteroatoms. The predicted molar refractivity (Wildman–Crippen MR) is 52.9 cm³/mol. The van der Waals surface area contributed by atoms with Gasteiger partial charge in [-0.15, -0.1) is 0 Å². The van der Waals surface area contributed by atoms with E-state index in [2.05, 4.69) is 0 Å². The normalized spacial score (nSPS) is 9.85. The smallest absolute Gasteiger partial charge is 0.153 e. The molecule has 0 radical (unpaired) electrons. The summed E-state index contributed by atoms with van der Waals surface area (Å²) in [6.45, 7) is 3.70. The average Bonchev–Trinajstić information content (AvgIpc) is 2.13. The first-order chi connectivity index (χ1) is 6.11. The van der Waals surface area contributed by atoms with Gasteiger partial charge in [-0.1, -0.05) is 11.6 Å². The van der Waals surface area contributed by atoms with Gasteiger partial charge in [0.25, 0.3) is 0 Å².